The molecule has 22 heavy (non-hydrogen) atoms. The minimum absolute atomic E-state index is 0.0256. The maximum Gasteiger partial charge on any atom is 0.305 e. The fraction of sp³-hybridized carbons (Fsp3) is 0.500. The van der Waals surface area contributed by atoms with Crippen LogP contribution in [0.5, 0.6) is 0 Å². The Morgan fingerprint density at radius 3 is 2.86 bits per heavy atom. The first-order valence-electron chi connectivity index (χ1n) is 7.40. The Balaban J connectivity index is 2.00. The van der Waals surface area contributed by atoms with E-state index in [1.165, 1.54) is 0 Å². The average Bonchev–Trinajstić information content (AvgIpc) is 2.96. The van der Waals surface area contributed by atoms with E-state index in [0.29, 0.717) is 19.6 Å². The molecule has 1 fully saturated rings. The van der Waals surface area contributed by atoms with Crippen LogP contribution in [0.2, 0.25) is 0 Å². The summed E-state index contributed by atoms with van der Waals surface area (Å²) in [5.74, 6) is -0.947. The Hall–Kier alpha value is -1.40. The maximum atomic E-state index is 12.4. The summed E-state index contributed by atoms with van der Waals surface area (Å²) in [7, 11) is 0. The van der Waals surface area contributed by atoms with E-state index in [4.69, 9.17) is 9.84 Å². The average molecular weight is 370 g/mol. The predicted octanol–water partition coefficient (Wildman–Crippen LogP) is 2.82. The lowest BCUT2D eigenvalue weighted by Gasteiger charge is -2.23. The molecule has 1 aromatic rings. The molecule has 0 aromatic heterocycles. The van der Waals surface area contributed by atoms with Crippen LogP contribution >= 0.6 is 15.9 Å². The van der Waals surface area contributed by atoms with Gasteiger partial charge in [0.2, 0.25) is 5.91 Å². The Kier molecular flexibility index (Phi) is 6.39. The van der Waals surface area contributed by atoms with Crippen LogP contribution in [-0.2, 0) is 20.9 Å². The highest BCUT2D eigenvalue weighted by molar-refractivity contribution is 9.10. The van der Waals surface area contributed by atoms with Crippen molar-refractivity contribution in [2.45, 2.75) is 38.3 Å². The number of amides is 1. The molecule has 1 aromatic carbocycles. The third-order valence-electron chi connectivity index (χ3n) is 3.64. The van der Waals surface area contributed by atoms with Crippen molar-refractivity contribution in [2.75, 3.05) is 13.2 Å². The van der Waals surface area contributed by atoms with Crippen molar-refractivity contribution in [3.63, 3.8) is 0 Å². The lowest BCUT2D eigenvalue weighted by atomic mass is 10.1. The Morgan fingerprint density at radius 2 is 2.23 bits per heavy atom. The minimum Gasteiger partial charge on any atom is -0.481 e. The summed E-state index contributed by atoms with van der Waals surface area (Å²) in [5.41, 5.74) is 0.973. The smallest absolute Gasteiger partial charge is 0.305 e. The van der Waals surface area contributed by atoms with Crippen LogP contribution in [0.3, 0.4) is 0 Å². The fourth-order valence-electron chi connectivity index (χ4n) is 2.51. The Labute approximate surface area is 138 Å². The van der Waals surface area contributed by atoms with E-state index in [1.807, 2.05) is 24.3 Å². The van der Waals surface area contributed by atoms with Crippen molar-refractivity contribution in [1.29, 1.82) is 0 Å². The van der Waals surface area contributed by atoms with Gasteiger partial charge in [-0.2, -0.15) is 0 Å². The van der Waals surface area contributed by atoms with Gasteiger partial charge < -0.3 is 14.7 Å². The van der Waals surface area contributed by atoms with Crippen molar-refractivity contribution >= 4 is 27.8 Å². The molecule has 1 heterocycles. The second kappa shape index (κ2) is 8.29. The van der Waals surface area contributed by atoms with Crippen LogP contribution in [0.1, 0.15) is 31.2 Å². The molecule has 1 unspecified atom stereocenters. The first-order valence-corrected chi connectivity index (χ1v) is 8.19. The van der Waals surface area contributed by atoms with Gasteiger partial charge in [0.15, 0.2) is 0 Å². The van der Waals surface area contributed by atoms with Crippen molar-refractivity contribution in [3.8, 4) is 0 Å². The van der Waals surface area contributed by atoms with E-state index in [-0.39, 0.29) is 25.0 Å². The molecule has 5 nitrogen and oxygen atoms in total. The third kappa shape index (κ3) is 5.42. The van der Waals surface area contributed by atoms with Gasteiger partial charge in [-0.15, -0.1) is 0 Å². The highest BCUT2D eigenvalue weighted by Crippen LogP contribution is 2.18. The highest BCUT2D eigenvalue weighted by atomic mass is 79.9. The number of carbonyl (C=O) groups excluding carboxylic acids is 1. The summed E-state index contributed by atoms with van der Waals surface area (Å²) in [5, 5.41) is 8.87. The van der Waals surface area contributed by atoms with Gasteiger partial charge in [0, 0.05) is 24.2 Å². The SMILES string of the molecule is O=C(O)CCN(Cc1cccc(Br)c1)C(=O)CC1CCCO1. The number of carboxylic acid groups (broad SMARTS) is 1. The zero-order valence-corrected chi connectivity index (χ0v) is 13.9. The molecule has 1 saturated heterocycles. The number of rotatable bonds is 7. The van der Waals surface area contributed by atoms with E-state index in [0.717, 1.165) is 22.9 Å². The molecule has 1 N–H and O–H groups in total. The number of hydrogen-bond donors (Lipinski definition) is 1. The Bertz CT molecular complexity index is 529. The first kappa shape index (κ1) is 17.0. The molecule has 120 valence electrons. The molecule has 0 bridgehead atoms. The van der Waals surface area contributed by atoms with Crippen molar-refractivity contribution < 1.29 is 19.4 Å². The molecule has 1 aliphatic rings. The van der Waals surface area contributed by atoms with E-state index in [9.17, 15) is 9.59 Å². The number of carboxylic acids is 1. The summed E-state index contributed by atoms with van der Waals surface area (Å²) >= 11 is 3.40. The number of nitrogens with zero attached hydrogens (tertiary/aromatic N) is 1. The van der Waals surface area contributed by atoms with E-state index >= 15 is 0 Å². The topological polar surface area (TPSA) is 66.8 Å². The summed E-state index contributed by atoms with van der Waals surface area (Å²) in [6.07, 6.45) is 2.13. The minimum atomic E-state index is -0.899. The molecule has 1 aliphatic heterocycles. The molecular weight excluding hydrogens is 350 g/mol. The fourth-order valence-corrected chi connectivity index (χ4v) is 2.95. The first-order chi connectivity index (χ1) is 10.5. The lowest BCUT2D eigenvalue weighted by molar-refractivity contribution is -0.139. The molecule has 0 aliphatic carbocycles. The largest absolute Gasteiger partial charge is 0.481 e. The summed E-state index contributed by atoms with van der Waals surface area (Å²) in [4.78, 5) is 24.9. The van der Waals surface area contributed by atoms with Crippen LogP contribution in [0.15, 0.2) is 28.7 Å². The molecule has 2 rings (SSSR count). The Morgan fingerprint density at radius 1 is 1.41 bits per heavy atom. The molecule has 1 amide bonds. The van der Waals surface area contributed by atoms with Crippen LogP contribution < -0.4 is 0 Å². The van der Waals surface area contributed by atoms with Crippen LogP contribution in [0.25, 0.3) is 0 Å². The molecule has 1 atom stereocenters. The van der Waals surface area contributed by atoms with Gasteiger partial charge in [0.05, 0.1) is 18.9 Å². The number of ether oxygens (including phenoxy) is 1. The van der Waals surface area contributed by atoms with Gasteiger partial charge >= 0.3 is 5.97 Å². The monoisotopic (exact) mass is 369 g/mol. The van der Waals surface area contributed by atoms with Gasteiger partial charge in [0.25, 0.3) is 0 Å². The van der Waals surface area contributed by atoms with E-state index < -0.39 is 5.97 Å². The number of benzene rings is 1. The van der Waals surface area contributed by atoms with E-state index in [2.05, 4.69) is 15.9 Å². The molecule has 0 spiro atoms. The van der Waals surface area contributed by atoms with Crippen LogP contribution in [0, 0.1) is 0 Å². The predicted molar refractivity (Wildman–Crippen MR) is 85.4 cm³/mol. The van der Waals surface area contributed by atoms with Gasteiger partial charge in [-0.05, 0) is 30.5 Å². The standard InChI is InChI=1S/C16H20BrNO4/c17-13-4-1-3-12(9-13)11-18(7-6-16(20)21)15(19)10-14-5-2-8-22-14/h1,3-4,9,14H,2,5-8,10-11H2,(H,20,21). The normalized spacial score (nSPS) is 17.4. The van der Waals surface area contributed by atoms with Gasteiger partial charge in [-0.25, -0.2) is 0 Å². The summed E-state index contributed by atoms with van der Waals surface area (Å²) in [6.45, 7) is 1.34. The number of carbonyl (C=O) groups is 2. The van der Waals surface area contributed by atoms with Crippen molar-refractivity contribution in [2.24, 2.45) is 0 Å². The third-order valence-corrected chi connectivity index (χ3v) is 4.13. The number of aliphatic carboxylic acids is 1. The van der Waals surface area contributed by atoms with Gasteiger partial charge in [-0.1, -0.05) is 28.1 Å². The lowest BCUT2D eigenvalue weighted by Crippen LogP contribution is -2.34. The van der Waals surface area contributed by atoms with Crippen molar-refractivity contribution in [1.82, 2.24) is 4.90 Å². The highest BCUT2D eigenvalue weighted by Gasteiger charge is 2.23. The summed E-state index contributed by atoms with van der Waals surface area (Å²) < 4.78 is 6.44. The second-order valence-electron chi connectivity index (χ2n) is 5.43. The van der Waals surface area contributed by atoms with Crippen molar-refractivity contribution in [3.05, 3.63) is 34.3 Å². The van der Waals surface area contributed by atoms with Gasteiger partial charge in [0.1, 0.15) is 0 Å². The maximum absolute atomic E-state index is 12.4. The van der Waals surface area contributed by atoms with Crippen LogP contribution in [0.4, 0.5) is 0 Å². The quantitative estimate of drug-likeness (QED) is 0.802. The van der Waals surface area contributed by atoms with E-state index in [1.54, 1.807) is 4.90 Å². The van der Waals surface area contributed by atoms with Crippen LogP contribution in [-0.4, -0.2) is 41.1 Å². The molecule has 0 saturated carbocycles. The zero-order chi connectivity index (χ0) is 15.9. The molecule has 6 heteroatoms. The second-order valence-corrected chi connectivity index (χ2v) is 6.34. The summed E-state index contributed by atoms with van der Waals surface area (Å²) in [6, 6.07) is 7.68. The number of hydrogen-bond acceptors (Lipinski definition) is 3. The van der Waals surface area contributed by atoms with Gasteiger partial charge in [-0.3, -0.25) is 9.59 Å². The zero-order valence-electron chi connectivity index (χ0n) is 12.3. The molecular formula is C16H20BrNO4. The number of halogens is 1. The molecule has 0 radical (unpaired) electrons.